The van der Waals surface area contributed by atoms with Gasteiger partial charge in [-0.15, -0.1) is 0 Å². The standard InChI is InChI=1S/C16H15ClFNO2/c1-10(6-11-4-2-3-5-13(11)18)19-14-8-16-15(7-12(14)17)20-9-21-16/h2-5,7-8,10,19H,6,9H2,1H3. The fourth-order valence-corrected chi connectivity index (χ4v) is 2.55. The van der Waals surface area contributed by atoms with E-state index in [1.807, 2.05) is 19.1 Å². The summed E-state index contributed by atoms with van der Waals surface area (Å²) in [7, 11) is 0. The molecule has 1 aliphatic heterocycles. The highest BCUT2D eigenvalue weighted by Gasteiger charge is 2.17. The van der Waals surface area contributed by atoms with E-state index in [9.17, 15) is 4.39 Å². The third kappa shape index (κ3) is 3.05. The van der Waals surface area contributed by atoms with Crippen LogP contribution in [0.1, 0.15) is 12.5 Å². The summed E-state index contributed by atoms with van der Waals surface area (Å²) < 4.78 is 24.3. The summed E-state index contributed by atoms with van der Waals surface area (Å²) in [6.07, 6.45) is 0.567. The second-order valence-electron chi connectivity index (χ2n) is 5.03. The molecule has 21 heavy (non-hydrogen) atoms. The number of hydrogen-bond donors (Lipinski definition) is 1. The maximum atomic E-state index is 13.7. The van der Waals surface area contributed by atoms with Crippen molar-refractivity contribution in [3.8, 4) is 11.5 Å². The molecule has 1 atom stereocenters. The first-order chi connectivity index (χ1) is 10.1. The van der Waals surface area contributed by atoms with Crippen molar-refractivity contribution in [3.05, 3.63) is 52.8 Å². The zero-order valence-electron chi connectivity index (χ0n) is 11.5. The van der Waals surface area contributed by atoms with Crippen LogP contribution in [-0.2, 0) is 6.42 Å². The van der Waals surface area contributed by atoms with Crippen LogP contribution >= 0.6 is 11.6 Å². The molecule has 5 heteroatoms. The second-order valence-corrected chi connectivity index (χ2v) is 5.43. The quantitative estimate of drug-likeness (QED) is 0.916. The number of nitrogens with one attached hydrogen (secondary N) is 1. The van der Waals surface area contributed by atoms with Crippen LogP contribution < -0.4 is 14.8 Å². The first-order valence-corrected chi connectivity index (χ1v) is 7.10. The molecular weight excluding hydrogens is 293 g/mol. The van der Waals surface area contributed by atoms with Crippen molar-refractivity contribution in [1.29, 1.82) is 0 Å². The average molecular weight is 308 g/mol. The van der Waals surface area contributed by atoms with Crippen LogP contribution in [0.3, 0.4) is 0 Å². The van der Waals surface area contributed by atoms with Gasteiger partial charge in [-0.2, -0.15) is 0 Å². The van der Waals surface area contributed by atoms with Crippen LogP contribution in [0.15, 0.2) is 36.4 Å². The summed E-state index contributed by atoms with van der Waals surface area (Å²) in [5.74, 6) is 1.12. The zero-order valence-corrected chi connectivity index (χ0v) is 12.3. The van der Waals surface area contributed by atoms with E-state index in [4.69, 9.17) is 21.1 Å². The van der Waals surface area contributed by atoms with E-state index < -0.39 is 0 Å². The van der Waals surface area contributed by atoms with Gasteiger partial charge in [-0.1, -0.05) is 29.8 Å². The molecule has 2 aromatic carbocycles. The molecule has 0 fully saturated rings. The fraction of sp³-hybridized carbons (Fsp3) is 0.250. The molecule has 0 bridgehead atoms. The van der Waals surface area contributed by atoms with Crippen molar-refractivity contribution in [3.63, 3.8) is 0 Å². The summed E-state index contributed by atoms with van der Waals surface area (Å²) in [5, 5.41) is 3.84. The van der Waals surface area contributed by atoms with Gasteiger partial charge in [0.15, 0.2) is 11.5 Å². The number of ether oxygens (including phenoxy) is 2. The molecule has 0 aliphatic carbocycles. The van der Waals surface area contributed by atoms with Crippen LogP contribution in [-0.4, -0.2) is 12.8 Å². The van der Waals surface area contributed by atoms with Gasteiger partial charge in [0, 0.05) is 18.2 Å². The van der Waals surface area contributed by atoms with E-state index in [1.165, 1.54) is 6.07 Å². The van der Waals surface area contributed by atoms with Gasteiger partial charge in [-0.05, 0) is 25.0 Å². The predicted octanol–water partition coefficient (Wildman–Crippen LogP) is 4.25. The van der Waals surface area contributed by atoms with Gasteiger partial charge in [0.1, 0.15) is 5.82 Å². The highest BCUT2D eigenvalue weighted by atomic mass is 35.5. The monoisotopic (exact) mass is 307 g/mol. The van der Waals surface area contributed by atoms with Crippen LogP contribution in [0.2, 0.25) is 5.02 Å². The third-order valence-electron chi connectivity index (χ3n) is 3.35. The zero-order chi connectivity index (χ0) is 14.8. The van der Waals surface area contributed by atoms with E-state index in [1.54, 1.807) is 18.2 Å². The lowest BCUT2D eigenvalue weighted by molar-refractivity contribution is 0.174. The minimum Gasteiger partial charge on any atom is -0.454 e. The third-order valence-corrected chi connectivity index (χ3v) is 3.66. The maximum absolute atomic E-state index is 13.7. The van der Waals surface area contributed by atoms with Crippen molar-refractivity contribution >= 4 is 17.3 Å². The molecule has 1 unspecified atom stereocenters. The van der Waals surface area contributed by atoms with Crippen molar-refractivity contribution in [2.24, 2.45) is 0 Å². The fourth-order valence-electron chi connectivity index (χ4n) is 2.34. The number of hydrogen-bond acceptors (Lipinski definition) is 3. The molecule has 3 rings (SSSR count). The first kappa shape index (κ1) is 14.0. The Labute approximate surface area is 127 Å². The van der Waals surface area contributed by atoms with Gasteiger partial charge in [0.25, 0.3) is 0 Å². The Hall–Kier alpha value is -1.94. The maximum Gasteiger partial charge on any atom is 0.231 e. The summed E-state index contributed by atoms with van der Waals surface area (Å²) in [4.78, 5) is 0. The SMILES string of the molecule is CC(Cc1ccccc1F)Nc1cc2c(cc1Cl)OCO2. The Morgan fingerprint density at radius 1 is 1.24 bits per heavy atom. The van der Waals surface area contributed by atoms with Gasteiger partial charge in [0.2, 0.25) is 6.79 Å². The van der Waals surface area contributed by atoms with Gasteiger partial charge >= 0.3 is 0 Å². The highest BCUT2D eigenvalue weighted by molar-refractivity contribution is 6.33. The van der Waals surface area contributed by atoms with Gasteiger partial charge in [-0.25, -0.2) is 4.39 Å². The topological polar surface area (TPSA) is 30.5 Å². The molecule has 3 nitrogen and oxygen atoms in total. The average Bonchev–Trinajstić information content (AvgIpc) is 2.89. The van der Waals surface area contributed by atoms with E-state index in [0.29, 0.717) is 28.5 Å². The number of anilines is 1. The molecule has 1 heterocycles. The lowest BCUT2D eigenvalue weighted by Gasteiger charge is -2.17. The molecule has 0 amide bonds. The van der Waals surface area contributed by atoms with Crippen LogP contribution in [0.5, 0.6) is 11.5 Å². The molecule has 110 valence electrons. The Morgan fingerprint density at radius 3 is 2.71 bits per heavy atom. The van der Waals surface area contributed by atoms with Gasteiger partial charge in [0.05, 0.1) is 10.7 Å². The lowest BCUT2D eigenvalue weighted by atomic mass is 10.1. The number of rotatable bonds is 4. The second kappa shape index (κ2) is 5.82. The Morgan fingerprint density at radius 2 is 1.95 bits per heavy atom. The van der Waals surface area contributed by atoms with Crippen molar-refractivity contribution < 1.29 is 13.9 Å². The summed E-state index contributed by atoms with van der Waals surface area (Å²) in [6.45, 7) is 2.19. The minimum absolute atomic E-state index is 0.0276. The molecule has 0 saturated heterocycles. The van der Waals surface area contributed by atoms with Gasteiger partial charge in [-0.3, -0.25) is 0 Å². The first-order valence-electron chi connectivity index (χ1n) is 6.72. The minimum atomic E-state index is -0.192. The molecule has 0 spiro atoms. The van der Waals surface area contributed by atoms with Crippen molar-refractivity contribution in [2.45, 2.75) is 19.4 Å². The number of fused-ring (bicyclic) bond motifs is 1. The molecule has 1 aliphatic rings. The highest BCUT2D eigenvalue weighted by Crippen LogP contribution is 2.39. The summed E-state index contributed by atoms with van der Waals surface area (Å²) in [6, 6.07) is 10.3. The van der Waals surface area contributed by atoms with E-state index in [-0.39, 0.29) is 18.7 Å². The Kier molecular flexibility index (Phi) is 3.88. The molecule has 0 aromatic heterocycles. The predicted molar refractivity (Wildman–Crippen MR) is 80.8 cm³/mol. The van der Waals surface area contributed by atoms with Gasteiger partial charge < -0.3 is 14.8 Å². The van der Waals surface area contributed by atoms with Crippen molar-refractivity contribution in [2.75, 3.05) is 12.1 Å². The smallest absolute Gasteiger partial charge is 0.231 e. The molecule has 0 saturated carbocycles. The molecular formula is C16H15ClFNO2. The van der Waals surface area contributed by atoms with E-state index in [0.717, 1.165) is 5.69 Å². The van der Waals surface area contributed by atoms with E-state index in [2.05, 4.69) is 5.32 Å². The molecule has 2 aromatic rings. The number of benzene rings is 2. The Balaban J connectivity index is 1.73. The molecule has 0 radical (unpaired) electrons. The summed E-state index contributed by atoms with van der Waals surface area (Å²) >= 11 is 6.21. The normalized spacial score (nSPS) is 14.0. The van der Waals surface area contributed by atoms with Crippen LogP contribution in [0, 0.1) is 5.82 Å². The van der Waals surface area contributed by atoms with Crippen molar-refractivity contribution in [1.82, 2.24) is 0 Å². The largest absolute Gasteiger partial charge is 0.454 e. The van der Waals surface area contributed by atoms with E-state index >= 15 is 0 Å². The molecule has 1 N–H and O–H groups in total. The van der Waals surface area contributed by atoms with Crippen LogP contribution in [0.25, 0.3) is 0 Å². The lowest BCUT2D eigenvalue weighted by Crippen LogP contribution is -2.19. The van der Waals surface area contributed by atoms with Crippen LogP contribution in [0.4, 0.5) is 10.1 Å². The number of halogens is 2. The summed E-state index contributed by atoms with van der Waals surface area (Å²) in [5.41, 5.74) is 1.43. The Bertz CT molecular complexity index is 663.